The minimum absolute atomic E-state index is 0.493. The fourth-order valence-corrected chi connectivity index (χ4v) is 1.02. The minimum Gasteiger partial charge on any atom is -0.339 e. The third kappa shape index (κ3) is 1.18. The maximum atomic E-state index is 10.1. The van der Waals surface area contributed by atoms with Gasteiger partial charge in [0.2, 0.25) is 0 Å². The second kappa shape index (κ2) is 2.31. The van der Waals surface area contributed by atoms with Crippen LogP contribution in [0, 0.1) is 6.92 Å². The third-order valence-corrected chi connectivity index (χ3v) is 1.53. The van der Waals surface area contributed by atoms with Crippen LogP contribution in [-0.2, 0) is 0 Å². The summed E-state index contributed by atoms with van der Waals surface area (Å²) in [6.07, 6.45) is 0.726. The molecule has 0 fully saturated rings. The molecule has 0 saturated carbocycles. The Morgan fingerprint density at radius 2 is 2.44 bits per heavy atom. The monoisotopic (exact) mass is 188 g/mol. The molecule has 0 radical (unpaired) electrons. The van der Waals surface area contributed by atoms with Crippen molar-refractivity contribution >= 4 is 22.2 Å². The molecular weight excluding hydrogens is 184 g/mol. The number of carbonyl (C=O) groups excluding carboxylic acids is 1. The Morgan fingerprint density at radius 1 is 1.78 bits per heavy atom. The molecule has 0 aromatic carbocycles. The number of H-pyrrole nitrogens is 1. The van der Waals surface area contributed by atoms with E-state index in [1.807, 2.05) is 0 Å². The van der Waals surface area contributed by atoms with Gasteiger partial charge in [0.25, 0.3) is 0 Å². The Labute approximate surface area is 60.6 Å². The topological polar surface area (TPSA) is 45.8 Å². The Morgan fingerprint density at radius 3 is 2.67 bits per heavy atom. The quantitative estimate of drug-likeness (QED) is 0.676. The van der Waals surface area contributed by atoms with Gasteiger partial charge in [-0.3, -0.25) is 4.79 Å². The summed E-state index contributed by atoms with van der Waals surface area (Å²) in [5, 5.41) is 0. The first kappa shape index (κ1) is 6.48. The van der Waals surface area contributed by atoms with E-state index in [1.54, 1.807) is 6.92 Å². The van der Waals surface area contributed by atoms with E-state index in [2.05, 4.69) is 25.9 Å². The Balaban J connectivity index is 3.15. The maximum Gasteiger partial charge on any atom is 0.169 e. The van der Waals surface area contributed by atoms with Crippen LogP contribution >= 0.6 is 15.9 Å². The number of rotatable bonds is 1. The van der Waals surface area contributed by atoms with Gasteiger partial charge in [0.1, 0.15) is 16.1 Å². The van der Waals surface area contributed by atoms with Crippen LogP contribution in [0.5, 0.6) is 0 Å². The smallest absolute Gasteiger partial charge is 0.169 e. The normalized spacial score (nSPS) is 9.56. The SMILES string of the molecule is Cc1nc(Br)c(C=O)[nH]1. The van der Waals surface area contributed by atoms with E-state index in [-0.39, 0.29) is 0 Å². The summed E-state index contributed by atoms with van der Waals surface area (Å²) < 4.78 is 0.579. The number of aromatic amines is 1. The van der Waals surface area contributed by atoms with Crippen LogP contribution in [0.1, 0.15) is 16.3 Å². The number of hydrogen-bond donors (Lipinski definition) is 1. The molecule has 0 bridgehead atoms. The molecule has 48 valence electrons. The number of aldehydes is 1. The van der Waals surface area contributed by atoms with Crippen molar-refractivity contribution in [3.63, 3.8) is 0 Å². The minimum atomic E-state index is 0.493. The predicted molar refractivity (Wildman–Crippen MR) is 36.4 cm³/mol. The van der Waals surface area contributed by atoms with Gasteiger partial charge in [0, 0.05) is 0 Å². The van der Waals surface area contributed by atoms with E-state index >= 15 is 0 Å². The molecule has 1 rings (SSSR count). The number of nitrogens with one attached hydrogen (secondary N) is 1. The van der Waals surface area contributed by atoms with Crippen molar-refractivity contribution in [2.45, 2.75) is 6.92 Å². The van der Waals surface area contributed by atoms with Gasteiger partial charge in [-0.25, -0.2) is 4.98 Å². The predicted octanol–water partition coefficient (Wildman–Crippen LogP) is 1.29. The summed E-state index contributed by atoms with van der Waals surface area (Å²) in [6.45, 7) is 1.79. The second-order valence-electron chi connectivity index (χ2n) is 1.64. The van der Waals surface area contributed by atoms with Gasteiger partial charge in [-0.1, -0.05) is 0 Å². The molecule has 1 aromatic rings. The molecule has 0 aliphatic heterocycles. The molecule has 0 aliphatic rings. The molecule has 0 atom stereocenters. The van der Waals surface area contributed by atoms with Crippen LogP contribution in [0.4, 0.5) is 0 Å². The zero-order chi connectivity index (χ0) is 6.85. The lowest BCUT2D eigenvalue weighted by Crippen LogP contribution is -1.78. The number of imidazole rings is 1. The van der Waals surface area contributed by atoms with E-state index < -0.39 is 0 Å². The number of carbonyl (C=O) groups is 1. The van der Waals surface area contributed by atoms with Crippen molar-refractivity contribution in [2.24, 2.45) is 0 Å². The second-order valence-corrected chi connectivity index (χ2v) is 2.40. The van der Waals surface area contributed by atoms with Crippen molar-refractivity contribution in [1.82, 2.24) is 9.97 Å². The largest absolute Gasteiger partial charge is 0.339 e. The third-order valence-electron chi connectivity index (χ3n) is 0.922. The average Bonchev–Trinajstić information content (AvgIpc) is 2.10. The first-order valence-electron chi connectivity index (χ1n) is 2.41. The average molecular weight is 189 g/mol. The van der Waals surface area contributed by atoms with Gasteiger partial charge in [-0.05, 0) is 22.9 Å². The zero-order valence-electron chi connectivity index (χ0n) is 4.81. The number of halogens is 1. The van der Waals surface area contributed by atoms with Crippen LogP contribution in [0.2, 0.25) is 0 Å². The molecular formula is C5H5BrN2O. The Hall–Kier alpha value is -0.640. The molecule has 1 heterocycles. The van der Waals surface area contributed by atoms with Crippen LogP contribution in [0.25, 0.3) is 0 Å². The van der Waals surface area contributed by atoms with Crippen molar-refractivity contribution in [3.05, 3.63) is 16.1 Å². The number of aryl methyl sites for hydroxylation is 1. The lowest BCUT2D eigenvalue weighted by molar-refractivity contribution is 0.111. The van der Waals surface area contributed by atoms with Crippen LogP contribution in [-0.4, -0.2) is 16.3 Å². The molecule has 0 spiro atoms. The van der Waals surface area contributed by atoms with Gasteiger partial charge in [0.05, 0.1) is 0 Å². The van der Waals surface area contributed by atoms with Crippen LogP contribution in [0.3, 0.4) is 0 Å². The van der Waals surface area contributed by atoms with Crippen molar-refractivity contribution in [1.29, 1.82) is 0 Å². The Kier molecular flexibility index (Phi) is 1.66. The molecule has 0 amide bonds. The van der Waals surface area contributed by atoms with Crippen LogP contribution in [0.15, 0.2) is 4.60 Å². The fourth-order valence-electron chi connectivity index (χ4n) is 0.560. The number of hydrogen-bond acceptors (Lipinski definition) is 2. The van der Waals surface area contributed by atoms with Gasteiger partial charge < -0.3 is 4.98 Å². The summed E-state index contributed by atoms with van der Waals surface area (Å²) in [5.41, 5.74) is 0.493. The Bertz CT molecular complexity index is 231. The van der Waals surface area contributed by atoms with Crippen molar-refractivity contribution in [3.8, 4) is 0 Å². The summed E-state index contributed by atoms with van der Waals surface area (Å²) in [6, 6.07) is 0. The van der Waals surface area contributed by atoms with Gasteiger partial charge >= 0.3 is 0 Å². The van der Waals surface area contributed by atoms with Crippen LogP contribution < -0.4 is 0 Å². The summed E-state index contributed by atoms with van der Waals surface area (Å²) in [5.74, 6) is 0.740. The maximum absolute atomic E-state index is 10.1. The van der Waals surface area contributed by atoms with Gasteiger partial charge in [-0.2, -0.15) is 0 Å². The lowest BCUT2D eigenvalue weighted by Gasteiger charge is -1.76. The first-order valence-corrected chi connectivity index (χ1v) is 3.20. The van der Waals surface area contributed by atoms with E-state index in [1.165, 1.54) is 0 Å². The molecule has 0 unspecified atom stereocenters. The highest BCUT2D eigenvalue weighted by Crippen LogP contribution is 2.09. The molecule has 9 heavy (non-hydrogen) atoms. The summed E-state index contributed by atoms with van der Waals surface area (Å²) >= 11 is 3.10. The summed E-state index contributed by atoms with van der Waals surface area (Å²) in [4.78, 5) is 16.8. The molecule has 1 N–H and O–H groups in total. The first-order chi connectivity index (χ1) is 4.24. The van der Waals surface area contributed by atoms with Crippen molar-refractivity contribution < 1.29 is 4.79 Å². The summed E-state index contributed by atoms with van der Waals surface area (Å²) in [7, 11) is 0. The molecule has 0 saturated heterocycles. The molecule has 1 aromatic heterocycles. The highest BCUT2D eigenvalue weighted by atomic mass is 79.9. The highest BCUT2D eigenvalue weighted by Gasteiger charge is 2.00. The van der Waals surface area contributed by atoms with Gasteiger partial charge in [-0.15, -0.1) is 0 Å². The molecule has 0 aliphatic carbocycles. The fraction of sp³-hybridized carbons (Fsp3) is 0.200. The number of nitrogens with zero attached hydrogens (tertiary/aromatic N) is 1. The van der Waals surface area contributed by atoms with E-state index in [0.717, 1.165) is 12.1 Å². The molecule has 4 heteroatoms. The van der Waals surface area contributed by atoms with Crippen molar-refractivity contribution in [2.75, 3.05) is 0 Å². The highest BCUT2D eigenvalue weighted by molar-refractivity contribution is 9.10. The lowest BCUT2D eigenvalue weighted by atomic mass is 10.5. The van der Waals surface area contributed by atoms with E-state index in [0.29, 0.717) is 10.3 Å². The zero-order valence-corrected chi connectivity index (χ0v) is 6.40. The van der Waals surface area contributed by atoms with E-state index in [9.17, 15) is 4.79 Å². The number of aromatic nitrogens is 2. The molecule has 3 nitrogen and oxygen atoms in total. The van der Waals surface area contributed by atoms with E-state index in [4.69, 9.17) is 0 Å². The standard InChI is InChI=1S/C5H5BrN2O/c1-3-7-4(2-9)5(6)8-3/h2H,1H3,(H,7,8). The van der Waals surface area contributed by atoms with Gasteiger partial charge in [0.15, 0.2) is 6.29 Å².